The van der Waals surface area contributed by atoms with Crippen molar-refractivity contribution in [1.82, 2.24) is 10.6 Å². The molecular formula is C24H26F5N3O3. The fourth-order valence-electron chi connectivity index (χ4n) is 3.24. The maximum atomic E-state index is 13.2. The number of para-hydroxylation sites is 1. The lowest BCUT2D eigenvalue weighted by Gasteiger charge is -2.27. The molecule has 0 spiro atoms. The largest absolute Gasteiger partial charge is 0.455 e. The molecule has 2 aromatic carbocycles. The van der Waals surface area contributed by atoms with Crippen molar-refractivity contribution in [3.8, 4) is 11.1 Å². The van der Waals surface area contributed by atoms with Gasteiger partial charge < -0.3 is 16.0 Å². The molecule has 3 N–H and O–H groups in total. The second-order valence-electron chi connectivity index (χ2n) is 8.04. The maximum Gasteiger partial charge on any atom is 0.455 e. The number of rotatable bonds is 5. The lowest BCUT2D eigenvalue weighted by Crippen LogP contribution is -2.54. The van der Waals surface area contributed by atoms with Gasteiger partial charge in [-0.1, -0.05) is 56.3 Å². The van der Waals surface area contributed by atoms with E-state index in [1.807, 2.05) is 13.8 Å². The second kappa shape index (κ2) is 10.4. The van der Waals surface area contributed by atoms with Crippen LogP contribution in [0.1, 0.15) is 39.3 Å². The molecule has 0 saturated carbocycles. The van der Waals surface area contributed by atoms with Gasteiger partial charge in [-0.15, -0.1) is 0 Å². The van der Waals surface area contributed by atoms with Crippen LogP contribution in [0.4, 0.5) is 27.6 Å². The van der Waals surface area contributed by atoms with Crippen LogP contribution in [-0.4, -0.2) is 36.4 Å². The van der Waals surface area contributed by atoms with E-state index in [-0.39, 0.29) is 0 Å². The first kappa shape index (κ1) is 27.7. The number of anilines is 1. The molecule has 0 bridgehead atoms. The molecule has 35 heavy (non-hydrogen) atoms. The van der Waals surface area contributed by atoms with Crippen molar-refractivity contribution in [2.75, 3.05) is 11.9 Å². The molecule has 3 rings (SSSR count). The summed E-state index contributed by atoms with van der Waals surface area (Å²) in [6, 6.07) is 12.4. The van der Waals surface area contributed by atoms with Crippen LogP contribution in [0.25, 0.3) is 11.1 Å². The fourth-order valence-corrected chi connectivity index (χ4v) is 3.24. The smallest absolute Gasteiger partial charge is 0.349 e. The first-order chi connectivity index (χ1) is 16.3. The number of hydrogen-bond donors (Lipinski definition) is 3. The standard InChI is InChI=1S/C22H20F5N3O3.C2H6/c1-20(2,18(32)28-11-21(23,24)22(25,26)27)19(33)30-16-14-9-4-3-7-12(14)13-8-5-6-10-15(13)29-17(16)31;1-2/h3-10,16H,11H2,1-2H3,(H,28,32)(H,29,31)(H,30,33);1-2H3. The molecule has 2 aromatic rings. The molecule has 0 fully saturated rings. The maximum absolute atomic E-state index is 13.2. The van der Waals surface area contributed by atoms with Gasteiger partial charge in [-0.25, -0.2) is 0 Å². The Hall–Kier alpha value is -3.50. The van der Waals surface area contributed by atoms with E-state index in [1.165, 1.54) is 5.32 Å². The number of halogens is 5. The third-order valence-electron chi connectivity index (χ3n) is 5.31. The van der Waals surface area contributed by atoms with Crippen molar-refractivity contribution in [3.63, 3.8) is 0 Å². The van der Waals surface area contributed by atoms with Crippen molar-refractivity contribution in [3.05, 3.63) is 54.1 Å². The molecule has 0 aromatic heterocycles. The van der Waals surface area contributed by atoms with E-state index in [0.29, 0.717) is 22.4 Å². The minimum atomic E-state index is -5.86. The van der Waals surface area contributed by atoms with Crippen LogP contribution >= 0.6 is 0 Å². The van der Waals surface area contributed by atoms with Gasteiger partial charge in [0.05, 0.1) is 6.54 Å². The van der Waals surface area contributed by atoms with Gasteiger partial charge in [0.2, 0.25) is 11.8 Å². The van der Waals surface area contributed by atoms with Gasteiger partial charge in [0, 0.05) is 11.3 Å². The molecule has 0 aliphatic carbocycles. The highest BCUT2D eigenvalue weighted by atomic mass is 19.4. The Kier molecular flexibility index (Phi) is 8.25. The van der Waals surface area contributed by atoms with E-state index >= 15 is 0 Å². The summed E-state index contributed by atoms with van der Waals surface area (Å²) in [7, 11) is 0. The number of carbonyl (C=O) groups excluding carboxylic acids is 3. The second-order valence-corrected chi connectivity index (χ2v) is 8.04. The van der Waals surface area contributed by atoms with Crippen LogP contribution in [0.5, 0.6) is 0 Å². The third kappa shape index (κ3) is 5.77. The summed E-state index contributed by atoms with van der Waals surface area (Å²) in [6.45, 7) is 4.09. The number of alkyl halides is 5. The third-order valence-corrected chi connectivity index (χ3v) is 5.31. The molecule has 6 nitrogen and oxygen atoms in total. The average Bonchev–Trinajstić information content (AvgIpc) is 2.92. The minimum Gasteiger partial charge on any atom is -0.349 e. The zero-order valence-electron chi connectivity index (χ0n) is 19.5. The van der Waals surface area contributed by atoms with E-state index in [4.69, 9.17) is 0 Å². The van der Waals surface area contributed by atoms with Gasteiger partial charge in [-0.3, -0.25) is 14.4 Å². The van der Waals surface area contributed by atoms with Crippen LogP contribution < -0.4 is 16.0 Å². The van der Waals surface area contributed by atoms with Crippen molar-refractivity contribution in [1.29, 1.82) is 0 Å². The van der Waals surface area contributed by atoms with Gasteiger partial charge in [0.15, 0.2) is 0 Å². The van der Waals surface area contributed by atoms with Crippen LogP contribution in [0.2, 0.25) is 0 Å². The van der Waals surface area contributed by atoms with Gasteiger partial charge in [0.25, 0.3) is 5.91 Å². The number of fused-ring (bicyclic) bond motifs is 3. The Morgan fingerprint density at radius 3 is 2.03 bits per heavy atom. The number of amides is 3. The van der Waals surface area contributed by atoms with Crippen molar-refractivity contribution in [2.24, 2.45) is 5.41 Å². The first-order valence-corrected chi connectivity index (χ1v) is 10.8. The Balaban J connectivity index is 0.00000210. The van der Waals surface area contributed by atoms with Crippen molar-refractivity contribution < 1.29 is 36.3 Å². The zero-order chi connectivity index (χ0) is 26.6. The average molecular weight is 499 g/mol. The Morgan fingerprint density at radius 2 is 1.43 bits per heavy atom. The van der Waals surface area contributed by atoms with E-state index in [1.54, 1.807) is 48.5 Å². The molecule has 1 aliphatic heterocycles. The normalized spacial score (nSPS) is 15.3. The summed E-state index contributed by atoms with van der Waals surface area (Å²) >= 11 is 0. The van der Waals surface area contributed by atoms with Crippen LogP contribution in [0, 0.1) is 5.41 Å². The predicted octanol–water partition coefficient (Wildman–Crippen LogP) is 4.83. The molecule has 190 valence electrons. The molecule has 0 saturated heterocycles. The summed E-state index contributed by atoms with van der Waals surface area (Å²) in [5.74, 6) is -8.16. The molecular weight excluding hydrogens is 473 g/mol. The molecule has 0 radical (unpaired) electrons. The Morgan fingerprint density at radius 1 is 0.886 bits per heavy atom. The minimum absolute atomic E-state index is 0.424. The lowest BCUT2D eigenvalue weighted by atomic mass is 9.89. The van der Waals surface area contributed by atoms with E-state index in [2.05, 4.69) is 10.6 Å². The van der Waals surface area contributed by atoms with Crippen LogP contribution in [0.15, 0.2) is 48.5 Å². The Bertz CT molecular complexity index is 1100. The van der Waals surface area contributed by atoms with Crippen LogP contribution in [-0.2, 0) is 14.4 Å². The number of carbonyl (C=O) groups is 3. The summed E-state index contributed by atoms with van der Waals surface area (Å²) in [5, 5.41) is 6.59. The SMILES string of the molecule is CC.CC(C)(C(=O)NCC(F)(F)C(F)(F)F)C(=O)NC1C(=O)Nc2ccccc2-c2ccccc21. The summed E-state index contributed by atoms with van der Waals surface area (Å²) in [4.78, 5) is 38.1. The monoisotopic (exact) mass is 499 g/mol. The molecule has 1 unspecified atom stereocenters. The predicted molar refractivity (Wildman–Crippen MR) is 121 cm³/mol. The van der Waals surface area contributed by atoms with E-state index in [9.17, 15) is 36.3 Å². The number of nitrogens with one attached hydrogen (secondary N) is 3. The molecule has 11 heteroatoms. The van der Waals surface area contributed by atoms with Crippen molar-refractivity contribution >= 4 is 23.4 Å². The van der Waals surface area contributed by atoms with E-state index in [0.717, 1.165) is 13.8 Å². The van der Waals surface area contributed by atoms with Gasteiger partial charge in [-0.2, -0.15) is 22.0 Å². The quantitative estimate of drug-likeness (QED) is 0.407. The highest BCUT2D eigenvalue weighted by molar-refractivity contribution is 6.08. The van der Waals surface area contributed by atoms with Gasteiger partial charge in [-0.05, 0) is 31.0 Å². The van der Waals surface area contributed by atoms with Crippen LogP contribution in [0.3, 0.4) is 0 Å². The first-order valence-electron chi connectivity index (χ1n) is 10.8. The highest BCUT2D eigenvalue weighted by Crippen LogP contribution is 2.38. The summed E-state index contributed by atoms with van der Waals surface area (Å²) in [6.07, 6.45) is -5.86. The van der Waals surface area contributed by atoms with Gasteiger partial charge in [0.1, 0.15) is 11.5 Å². The van der Waals surface area contributed by atoms with Crippen molar-refractivity contribution in [2.45, 2.75) is 45.8 Å². The summed E-state index contributed by atoms with van der Waals surface area (Å²) in [5.41, 5.74) is 0.204. The zero-order valence-corrected chi connectivity index (χ0v) is 19.5. The molecule has 1 atom stereocenters. The number of hydrogen-bond acceptors (Lipinski definition) is 3. The molecule has 1 heterocycles. The molecule has 1 aliphatic rings. The molecule has 3 amide bonds. The van der Waals surface area contributed by atoms with Gasteiger partial charge >= 0.3 is 12.1 Å². The summed E-state index contributed by atoms with van der Waals surface area (Å²) < 4.78 is 63.4. The number of benzene rings is 2. The Labute approximate surface area is 199 Å². The highest BCUT2D eigenvalue weighted by Gasteiger charge is 2.57. The fraction of sp³-hybridized carbons (Fsp3) is 0.375. The topological polar surface area (TPSA) is 87.3 Å². The van der Waals surface area contributed by atoms with E-state index < -0.39 is 47.8 Å². The lowest BCUT2D eigenvalue weighted by molar-refractivity contribution is -0.278.